The van der Waals surface area contributed by atoms with Gasteiger partial charge in [0.2, 0.25) is 0 Å². The highest BCUT2D eigenvalue weighted by Crippen LogP contribution is 2.29. The summed E-state index contributed by atoms with van der Waals surface area (Å²) in [6.07, 6.45) is 2.21. The van der Waals surface area contributed by atoms with E-state index >= 15 is 0 Å². The molecule has 1 atom stereocenters. The fourth-order valence-electron chi connectivity index (χ4n) is 2.15. The van der Waals surface area contributed by atoms with Gasteiger partial charge in [-0.3, -0.25) is 0 Å². The molecule has 19 heavy (non-hydrogen) atoms. The number of halogens is 1. The van der Waals surface area contributed by atoms with Gasteiger partial charge in [0.05, 0.1) is 11.0 Å². The lowest BCUT2D eigenvalue weighted by molar-refractivity contribution is 0.0677. The van der Waals surface area contributed by atoms with E-state index in [1.165, 1.54) is 6.07 Å². The van der Waals surface area contributed by atoms with Crippen molar-refractivity contribution >= 4 is 19.7 Å². The molecule has 0 spiro atoms. The fraction of sp³-hybridized carbons (Fsp3) is 0.538. The Morgan fingerprint density at radius 2 is 2.11 bits per heavy atom. The van der Waals surface area contributed by atoms with Gasteiger partial charge in [-0.15, -0.1) is 0 Å². The van der Waals surface area contributed by atoms with Crippen molar-refractivity contribution in [3.05, 3.63) is 23.3 Å². The van der Waals surface area contributed by atoms with Gasteiger partial charge < -0.3 is 9.47 Å². The van der Waals surface area contributed by atoms with Crippen LogP contribution in [0.15, 0.2) is 17.0 Å². The van der Waals surface area contributed by atoms with Gasteiger partial charge in [0, 0.05) is 17.3 Å². The Morgan fingerprint density at radius 1 is 1.37 bits per heavy atom. The minimum Gasteiger partial charge on any atom is -0.491 e. The third-order valence-electron chi connectivity index (χ3n) is 3.40. The molecule has 1 aliphatic rings. The van der Waals surface area contributed by atoms with E-state index < -0.39 is 9.05 Å². The van der Waals surface area contributed by atoms with E-state index in [4.69, 9.17) is 20.2 Å². The van der Waals surface area contributed by atoms with Crippen LogP contribution in [-0.2, 0) is 13.8 Å². The summed E-state index contributed by atoms with van der Waals surface area (Å²) in [4.78, 5) is 0.135. The standard InChI is InChI=1S/C13H17ClO4S/c1-9-10(2)13(19(14,15)16)6-5-12(9)18-8-11-4-3-7-17-11/h5-6,11H,3-4,7-8H2,1-2H3. The molecule has 2 rings (SSSR count). The zero-order chi connectivity index (χ0) is 14.0. The Balaban J connectivity index is 2.16. The van der Waals surface area contributed by atoms with Gasteiger partial charge in [-0.2, -0.15) is 0 Å². The molecule has 106 valence electrons. The average Bonchev–Trinajstić information content (AvgIpc) is 2.82. The second-order valence-electron chi connectivity index (χ2n) is 4.70. The number of ether oxygens (including phenoxy) is 2. The first-order chi connectivity index (χ1) is 8.89. The van der Waals surface area contributed by atoms with Gasteiger partial charge in [-0.25, -0.2) is 8.42 Å². The topological polar surface area (TPSA) is 52.6 Å². The highest BCUT2D eigenvalue weighted by Gasteiger charge is 2.19. The lowest BCUT2D eigenvalue weighted by Crippen LogP contribution is -2.16. The molecule has 1 heterocycles. The normalized spacial score (nSPS) is 19.6. The maximum absolute atomic E-state index is 11.4. The number of rotatable bonds is 4. The molecule has 4 nitrogen and oxygen atoms in total. The molecule has 0 amide bonds. The van der Waals surface area contributed by atoms with Crippen LogP contribution in [-0.4, -0.2) is 27.7 Å². The zero-order valence-electron chi connectivity index (χ0n) is 11.0. The second kappa shape index (κ2) is 5.69. The first-order valence-electron chi connectivity index (χ1n) is 6.19. The third-order valence-corrected chi connectivity index (χ3v) is 4.87. The Labute approximate surface area is 118 Å². The molecule has 0 N–H and O–H groups in total. The summed E-state index contributed by atoms with van der Waals surface area (Å²) in [5.41, 5.74) is 1.42. The molecule has 1 aliphatic heterocycles. The van der Waals surface area contributed by atoms with Gasteiger partial charge in [-0.05, 0) is 49.9 Å². The molecule has 0 saturated carbocycles. The lowest BCUT2D eigenvalue weighted by atomic mass is 10.1. The summed E-state index contributed by atoms with van der Waals surface area (Å²) in [5.74, 6) is 0.678. The van der Waals surface area contributed by atoms with Crippen molar-refractivity contribution in [2.45, 2.75) is 37.7 Å². The van der Waals surface area contributed by atoms with E-state index in [0.717, 1.165) is 25.0 Å². The Hall–Kier alpha value is -0.780. The Kier molecular flexibility index (Phi) is 4.38. The third kappa shape index (κ3) is 3.41. The van der Waals surface area contributed by atoms with Crippen LogP contribution >= 0.6 is 10.7 Å². The fourth-order valence-corrected chi connectivity index (χ4v) is 3.40. The van der Waals surface area contributed by atoms with Crippen LogP contribution in [0.25, 0.3) is 0 Å². The van der Waals surface area contributed by atoms with E-state index in [-0.39, 0.29) is 11.0 Å². The molecule has 1 saturated heterocycles. The largest absolute Gasteiger partial charge is 0.491 e. The van der Waals surface area contributed by atoms with Crippen molar-refractivity contribution in [2.24, 2.45) is 0 Å². The number of benzene rings is 1. The molecule has 1 unspecified atom stereocenters. The molecule has 1 aromatic rings. The van der Waals surface area contributed by atoms with Crippen LogP contribution in [0.4, 0.5) is 0 Å². The minimum atomic E-state index is -3.71. The van der Waals surface area contributed by atoms with Crippen molar-refractivity contribution in [1.29, 1.82) is 0 Å². The average molecular weight is 305 g/mol. The molecule has 0 aliphatic carbocycles. The van der Waals surface area contributed by atoms with Crippen LogP contribution in [0.2, 0.25) is 0 Å². The highest BCUT2D eigenvalue weighted by atomic mass is 35.7. The summed E-state index contributed by atoms with van der Waals surface area (Å²) in [7, 11) is 1.67. The first kappa shape index (κ1) is 14.6. The summed E-state index contributed by atoms with van der Waals surface area (Å²) >= 11 is 0. The van der Waals surface area contributed by atoms with Crippen LogP contribution in [0.5, 0.6) is 5.75 Å². The lowest BCUT2D eigenvalue weighted by Gasteiger charge is -2.15. The van der Waals surface area contributed by atoms with E-state index in [1.807, 2.05) is 6.92 Å². The van der Waals surface area contributed by atoms with Crippen LogP contribution < -0.4 is 4.74 Å². The first-order valence-corrected chi connectivity index (χ1v) is 8.50. The summed E-state index contributed by atoms with van der Waals surface area (Å²) < 4.78 is 34.0. The van der Waals surface area contributed by atoms with E-state index in [1.54, 1.807) is 13.0 Å². The van der Waals surface area contributed by atoms with E-state index in [0.29, 0.717) is 17.9 Å². The van der Waals surface area contributed by atoms with Crippen molar-refractivity contribution in [3.63, 3.8) is 0 Å². The van der Waals surface area contributed by atoms with Gasteiger partial charge in [0.1, 0.15) is 12.4 Å². The quantitative estimate of drug-likeness (QED) is 0.803. The molecule has 1 fully saturated rings. The predicted molar refractivity (Wildman–Crippen MR) is 73.4 cm³/mol. The van der Waals surface area contributed by atoms with Crippen LogP contribution in [0, 0.1) is 13.8 Å². The number of hydrogen-bond donors (Lipinski definition) is 0. The summed E-state index contributed by atoms with van der Waals surface area (Å²) in [6, 6.07) is 3.13. The molecule has 6 heteroatoms. The second-order valence-corrected chi connectivity index (χ2v) is 7.23. The summed E-state index contributed by atoms with van der Waals surface area (Å²) in [5, 5.41) is 0. The van der Waals surface area contributed by atoms with Gasteiger partial charge in [0.25, 0.3) is 9.05 Å². The van der Waals surface area contributed by atoms with E-state index in [9.17, 15) is 8.42 Å². The molecule has 0 bridgehead atoms. The maximum atomic E-state index is 11.4. The molecular weight excluding hydrogens is 288 g/mol. The SMILES string of the molecule is Cc1c(OCC2CCCO2)ccc(S(=O)(=O)Cl)c1C. The Morgan fingerprint density at radius 3 is 2.68 bits per heavy atom. The number of hydrogen-bond acceptors (Lipinski definition) is 4. The zero-order valence-corrected chi connectivity index (χ0v) is 12.6. The van der Waals surface area contributed by atoms with Gasteiger partial charge in [0.15, 0.2) is 0 Å². The van der Waals surface area contributed by atoms with Crippen molar-refractivity contribution < 1.29 is 17.9 Å². The molecule has 0 aromatic heterocycles. The van der Waals surface area contributed by atoms with Crippen molar-refractivity contribution in [1.82, 2.24) is 0 Å². The summed E-state index contributed by atoms with van der Waals surface area (Å²) in [6.45, 7) is 4.83. The maximum Gasteiger partial charge on any atom is 0.261 e. The predicted octanol–water partition coefficient (Wildman–Crippen LogP) is 2.79. The van der Waals surface area contributed by atoms with E-state index in [2.05, 4.69) is 0 Å². The minimum absolute atomic E-state index is 0.135. The molecule has 0 radical (unpaired) electrons. The van der Waals surface area contributed by atoms with Crippen molar-refractivity contribution in [3.8, 4) is 5.75 Å². The van der Waals surface area contributed by atoms with Crippen LogP contribution in [0.3, 0.4) is 0 Å². The smallest absolute Gasteiger partial charge is 0.261 e. The molecule has 1 aromatic carbocycles. The van der Waals surface area contributed by atoms with Gasteiger partial charge >= 0.3 is 0 Å². The van der Waals surface area contributed by atoms with Gasteiger partial charge in [-0.1, -0.05) is 0 Å². The Bertz CT molecular complexity index is 562. The van der Waals surface area contributed by atoms with Crippen LogP contribution in [0.1, 0.15) is 24.0 Å². The molecular formula is C13H17ClO4S. The highest BCUT2D eigenvalue weighted by molar-refractivity contribution is 8.13. The monoisotopic (exact) mass is 304 g/mol. The van der Waals surface area contributed by atoms with Crippen molar-refractivity contribution in [2.75, 3.05) is 13.2 Å².